The van der Waals surface area contributed by atoms with Gasteiger partial charge in [-0.25, -0.2) is 9.97 Å². The summed E-state index contributed by atoms with van der Waals surface area (Å²) >= 11 is 0. The van der Waals surface area contributed by atoms with Crippen LogP contribution < -0.4 is 0 Å². The largest absolute Gasteiger partial charge is 0.294 e. The minimum Gasteiger partial charge on any atom is -0.294 e. The second-order valence-corrected chi connectivity index (χ2v) is 12.9. The Morgan fingerprint density at radius 2 is 0.942 bits per heavy atom. The van der Waals surface area contributed by atoms with Crippen molar-refractivity contribution >= 4 is 21.8 Å². The molecule has 0 spiro atoms. The summed E-state index contributed by atoms with van der Waals surface area (Å²) < 4.78 is 2.22. The fourth-order valence-electron chi connectivity index (χ4n) is 7.68. The maximum absolute atomic E-state index is 9.73. The summed E-state index contributed by atoms with van der Waals surface area (Å²) in [6, 6.07) is 69.7. The number of fused-ring (bicyclic) bond motifs is 3. The van der Waals surface area contributed by atoms with Crippen molar-refractivity contribution in [3.63, 3.8) is 0 Å². The number of hydrogen-bond acceptors (Lipinski definition) is 3. The molecule has 0 radical (unpaired) electrons. The molecule has 0 aliphatic carbocycles. The molecule has 0 unspecified atom stereocenters. The summed E-state index contributed by atoms with van der Waals surface area (Å²) in [5.74, 6) is 1.36. The number of nitriles is 1. The monoisotopic (exact) mass is 664 g/mol. The van der Waals surface area contributed by atoms with Crippen LogP contribution in [0.1, 0.15) is 27.8 Å². The van der Waals surface area contributed by atoms with E-state index in [1.807, 2.05) is 30.3 Å². The molecule has 0 N–H and O–H groups in total. The molecule has 9 aromatic rings. The topological polar surface area (TPSA) is 54.5 Å². The Morgan fingerprint density at radius 3 is 1.48 bits per heavy atom. The van der Waals surface area contributed by atoms with E-state index in [4.69, 9.17) is 9.97 Å². The molecular formula is C48H32N4. The van der Waals surface area contributed by atoms with E-state index < -0.39 is 5.41 Å². The normalized spacial score (nSPS) is 11.4. The smallest absolute Gasteiger partial charge is 0.162 e. The lowest BCUT2D eigenvalue weighted by Gasteiger charge is -2.37. The van der Waals surface area contributed by atoms with Crippen molar-refractivity contribution in [1.29, 1.82) is 5.26 Å². The van der Waals surface area contributed by atoms with E-state index in [1.165, 1.54) is 16.7 Å². The maximum Gasteiger partial charge on any atom is 0.162 e. The van der Waals surface area contributed by atoms with Crippen LogP contribution in [0.15, 0.2) is 194 Å². The highest BCUT2D eigenvalue weighted by atomic mass is 15.1. The van der Waals surface area contributed by atoms with Gasteiger partial charge in [0.15, 0.2) is 5.82 Å². The lowest BCUT2D eigenvalue weighted by molar-refractivity contribution is 0.745. The summed E-state index contributed by atoms with van der Waals surface area (Å²) in [6.45, 7) is 0. The van der Waals surface area contributed by atoms with Crippen molar-refractivity contribution in [3.05, 3.63) is 222 Å². The minimum absolute atomic E-state index is 0.559. The zero-order valence-electron chi connectivity index (χ0n) is 28.3. The molecule has 0 aliphatic heterocycles. The van der Waals surface area contributed by atoms with Gasteiger partial charge in [0.1, 0.15) is 5.82 Å². The van der Waals surface area contributed by atoms with Crippen molar-refractivity contribution in [3.8, 4) is 34.5 Å². The Balaban J connectivity index is 1.27. The summed E-state index contributed by atoms with van der Waals surface area (Å²) in [6.07, 6.45) is 0. The van der Waals surface area contributed by atoms with Gasteiger partial charge in [-0.05, 0) is 46.5 Å². The van der Waals surface area contributed by atoms with Crippen LogP contribution in [0.2, 0.25) is 0 Å². The van der Waals surface area contributed by atoms with Crippen molar-refractivity contribution in [2.24, 2.45) is 0 Å². The molecule has 0 saturated heterocycles. The molecule has 0 atom stereocenters. The second-order valence-electron chi connectivity index (χ2n) is 12.9. The lowest BCUT2D eigenvalue weighted by atomic mass is 9.65. The van der Waals surface area contributed by atoms with Gasteiger partial charge in [0.25, 0.3) is 0 Å². The van der Waals surface area contributed by atoms with Gasteiger partial charge in [-0.2, -0.15) is 5.26 Å². The minimum atomic E-state index is -0.559. The first-order valence-corrected chi connectivity index (χ1v) is 17.4. The fraction of sp³-hybridized carbons (Fsp3) is 0.0208. The van der Waals surface area contributed by atoms with E-state index in [0.29, 0.717) is 11.4 Å². The zero-order chi connectivity index (χ0) is 34.9. The van der Waals surface area contributed by atoms with Gasteiger partial charge in [-0.15, -0.1) is 0 Å². The van der Waals surface area contributed by atoms with Crippen LogP contribution in [-0.4, -0.2) is 14.5 Å². The Hall–Kier alpha value is -7.09. The number of para-hydroxylation sites is 2. The zero-order valence-corrected chi connectivity index (χ0v) is 28.3. The van der Waals surface area contributed by atoms with E-state index >= 15 is 0 Å². The number of rotatable bonds is 7. The van der Waals surface area contributed by atoms with E-state index in [0.717, 1.165) is 50.0 Å². The Bertz CT molecular complexity index is 2580. The van der Waals surface area contributed by atoms with Gasteiger partial charge in [0, 0.05) is 28.0 Å². The van der Waals surface area contributed by atoms with E-state index in [1.54, 1.807) is 0 Å². The number of aromatic nitrogens is 3. The summed E-state index contributed by atoms with van der Waals surface area (Å²) in [5.41, 5.74) is 9.35. The van der Waals surface area contributed by atoms with E-state index in [2.05, 4.69) is 174 Å². The number of benzene rings is 7. The van der Waals surface area contributed by atoms with E-state index in [9.17, 15) is 5.26 Å². The molecule has 244 valence electrons. The van der Waals surface area contributed by atoms with Crippen molar-refractivity contribution in [2.75, 3.05) is 0 Å². The first kappa shape index (κ1) is 30.9. The van der Waals surface area contributed by atoms with Gasteiger partial charge >= 0.3 is 0 Å². The van der Waals surface area contributed by atoms with Crippen LogP contribution in [0.3, 0.4) is 0 Å². The summed E-state index contributed by atoms with van der Waals surface area (Å²) in [7, 11) is 0. The van der Waals surface area contributed by atoms with Gasteiger partial charge in [-0.3, -0.25) is 4.57 Å². The predicted octanol–water partition coefficient (Wildman–Crippen LogP) is 11.2. The molecule has 0 amide bonds. The molecule has 52 heavy (non-hydrogen) atoms. The Morgan fingerprint density at radius 1 is 0.442 bits per heavy atom. The molecule has 2 aromatic heterocycles. The molecule has 0 bridgehead atoms. The highest BCUT2D eigenvalue weighted by Crippen LogP contribution is 2.45. The fourth-order valence-corrected chi connectivity index (χ4v) is 7.68. The molecule has 7 aromatic carbocycles. The molecule has 4 heteroatoms. The second kappa shape index (κ2) is 13.0. The van der Waals surface area contributed by atoms with Crippen LogP contribution in [0, 0.1) is 11.3 Å². The van der Waals surface area contributed by atoms with Gasteiger partial charge in [0.2, 0.25) is 0 Å². The third-order valence-electron chi connectivity index (χ3n) is 10.0. The first-order valence-electron chi connectivity index (χ1n) is 17.4. The van der Waals surface area contributed by atoms with Gasteiger partial charge in [-0.1, -0.05) is 164 Å². The van der Waals surface area contributed by atoms with Crippen LogP contribution in [0.25, 0.3) is 50.3 Å². The molecule has 2 heterocycles. The molecule has 0 saturated carbocycles. The summed E-state index contributed by atoms with van der Waals surface area (Å²) in [5, 5.41) is 12.1. The van der Waals surface area contributed by atoms with Gasteiger partial charge in [0.05, 0.1) is 33.8 Å². The molecule has 4 nitrogen and oxygen atoms in total. The maximum atomic E-state index is 9.73. The molecular weight excluding hydrogens is 633 g/mol. The quantitative estimate of drug-likeness (QED) is 0.159. The standard InChI is InChI=1S/C48H32N4/c49-33-34-15-14-16-36(31-34)43-32-46(52-44-25-12-10-23-41(44)42-24-11-13-26-45(42)52)51-47(50-43)35-27-29-40(30-28-35)48(37-17-4-1-5-18-37,38-19-6-2-7-20-38)39-21-8-3-9-22-39/h1-32H. The Kier molecular flexibility index (Phi) is 7.72. The lowest BCUT2D eigenvalue weighted by Crippen LogP contribution is -2.30. The van der Waals surface area contributed by atoms with Crippen LogP contribution in [0.5, 0.6) is 0 Å². The third kappa shape index (κ3) is 5.16. The SMILES string of the molecule is N#Cc1cccc(-c2cc(-n3c4ccccc4c4ccccc43)nc(-c3ccc(C(c4ccccc4)(c4ccccc4)c4ccccc4)cc3)n2)c1. The average molecular weight is 665 g/mol. The van der Waals surface area contributed by atoms with E-state index in [-0.39, 0.29) is 0 Å². The molecule has 0 aliphatic rings. The van der Waals surface area contributed by atoms with Gasteiger partial charge < -0.3 is 0 Å². The number of nitrogens with zero attached hydrogens (tertiary/aromatic N) is 4. The van der Waals surface area contributed by atoms with Crippen LogP contribution >= 0.6 is 0 Å². The van der Waals surface area contributed by atoms with Crippen LogP contribution in [0.4, 0.5) is 0 Å². The van der Waals surface area contributed by atoms with Crippen molar-refractivity contribution in [1.82, 2.24) is 14.5 Å². The first-order chi connectivity index (χ1) is 25.7. The van der Waals surface area contributed by atoms with Crippen molar-refractivity contribution in [2.45, 2.75) is 5.41 Å². The Labute approximate surface area is 302 Å². The highest BCUT2D eigenvalue weighted by Gasteiger charge is 2.38. The average Bonchev–Trinajstić information content (AvgIpc) is 3.57. The molecule has 0 fully saturated rings. The summed E-state index contributed by atoms with van der Waals surface area (Å²) in [4.78, 5) is 10.4. The van der Waals surface area contributed by atoms with Crippen molar-refractivity contribution < 1.29 is 0 Å². The predicted molar refractivity (Wildman–Crippen MR) is 210 cm³/mol. The highest BCUT2D eigenvalue weighted by molar-refractivity contribution is 6.09. The van der Waals surface area contributed by atoms with Crippen LogP contribution in [-0.2, 0) is 5.41 Å². The third-order valence-corrected chi connectivity index (χ3v) is 10.0. The molecule has 9 rings (SSSR count). The number of hydrogen-bond donors (Lipinski definition) is 0.